The summed E-state index contributed by atoms with van der Waals surface area (Å²) in [5.41, 5.74) is 0.400. The molecule has 0 amide bonds. The lowest BCUT2D eigenvalue weighted by Crippen LogP contribution is -2.63. The highest BCUT2D eigenvalue weighted by Crippen LogP contribution is 2.67. The molecule has 5 atom stereocenters. The summed E-state index contributed by atoms with van der Waals surface area (Å²) >= 11 is 0. The maximum Gasteiger partial charge on any atom is 0.174 e. The second kappa shape index (κ2) is 4.69. The minimum Gasteiger partial charge on any atom is -0.393 e. The van der Waals surface area contributed by atoms with E-state index in [1.807, 2.05) is 0 Å². The third-order valence-corrected chi connectivity index (χ3v) is 7.69. The molecule has 3 aliphatic carbocycles. The molecule has 120 valence electrons. The topological polar surface area (TPSA) is 38.7 Å². The van der Waals surface area contributed by atoms with E-state index >= 15 is 0 Å². The van der Waals surface area contributed by atoms with Crippen molar-refractivity contribution in [3.63, 3.8) is 0 Å². The van der Waals surface area contributed by atoms with Gasteiger partial charge in [0.1, 0.15) is 0 Å². The van der Waals surface area contributed by atoms with Gasteiger partial charge in [-0.15, -0.1) is 0 Å². The maximum absolute atomic E-state index is 10.5. The van der Waals surface area contributed by atoms with Crippen molar-refractivity contribution in [2.45, 2.75) is 77.1 Å². The number of aliphatic hydroxyl groups excluding tert-OH is 1. The molecule has 0 radical (unpaired) electrons. The van der Waals surface area contributed by atoms with Gasteiger partial charge in [0.05, 0.1) is 19.3 Å². The normalized spacial score (nSPS) is 52.4. The lowest BCUT2D eigenvalue weighted by Gasteiger charge is -2.65. The number of rotatable bonds is 0. The molecule has 1 heterocycles. The summed E-state index contributed by atoms with van der Waals surface area (Å²) in [5.74, 6) is 0.790. The average molecular weight is 294 g/mol. The van der Waals surface area contributed by atoms with Crippen LogP contribution in [0.25, 0.3) is 0 Å². The number of aliphatic hydroxyl groups is 1. The maximum atomic E-state index is 10.5. The van der Waals surface area contributed by atoms with E-state index in [-0.39, 0.29) is 22.7 Å². The molecule has 1 N–H and O–H groups in total. The summed E-state index contributed by atoms with van der Waals surface area (Å²) in [6.45, 7) is 6.39. The predicted molar refractivity (Wildman–Crippen MR) is 80.8 cm³/mol. The smallest absolute Gasteiger partial charge is 0.174 e. The van der Waals surface area contributed by atoms with E-state index in [1.165, 1.54) is 25.7 Å². The Morgan fingerprint density at radius 1 is 0.905 bits per heavy atom. The van der Waals surface area contributed by atoms with E-state index in [0.717, 1.165) is 38.9 Å². The first-order valence-corrected chi connectivity index (χ1v) is 8.98. The molecule has 4 fully saturated rings. The van der Waals surface area contributed by atoms with Crippen LogP contribution in [0.1, 0.15) is 65.2 Å². The highest BCUT2D eigenvalue weighted by molar-refractivity contribution is 5.11. The standard InChI is InChI=1S/C18H30O3/c1-16-8-3-5-14(19)13(16)7-10-17(2)15(16)6-4-9-18(17)20-11-12-21-18/h13-15,19H,3-12H2,1-2H3/t13-,14-,15+,16-,17+/m0/s1. The minimum atomic E-state index is -0.327. The summed E-state index contributed by atoms with van der Waals surface area (Å²) in [4.78, 5) is 0. The molecule has 1 saturated heterocycles. The van der Waals surface area contributed by atoms with Gasteiger partial charge >= 0.3 is 0 Å². The molecule has 0 aromatic carbocycles. The van der Waals surface area contributed by atoms with E-state index in [0.29, 0.717) is 11.8 Å². The van der Waals surface area contributed by atoms with Crippen LogP contribution in [0, 0.1) is 22.7 Å². The number of hydrogen-bond acceptors (Lipinski definition) is 3. The Labute approximate surface area is 128 Å². The Balaban J connectivity index is 1.73. The van der Waals surface area contributed by atoms with Crippen molar-refractivity contribution in [3.05, 3.63) is 0 Å². The second-order valence-corrected chi connectivity index (χ2v) is 8.42. The summed E-state index contributed by atoms with van der Waals surface area (Å²) in [5, 5.41) is 10.5. The SMILES string of the molecule is C[C@]12CCC[C@H](O)[C@@H]1CC[C@]1(C)[C@@H]2CCCC12OCCO2. The molecular weight excluding hydrogens is 264 g/mol. The molecule has 0 bridgehead atoms. The van der Waals surface area contributed by atoms with Gasteiger partial charge in [-0.2, -0.15) is 0 Å². The average Bonchev–Trinajstić information content (AvgIpc) is 2.91. The zero-order valence-corrected chi connectivity index (χ0v) is 13.6. The van der Waals surface area contributed by atoms with E-state index in [9.17, 15) is 5.11 Å². The van der Waals surface area contributed by atoms with Crippen molar-refractivity contribution in [1.82, 2.24) is 0 Å². The van der Waals surface area contributed by atoms with E-state index in [4.69, 9.17) is 9.47 Å². The summed E-state index contributed by atoms with van der Waals surface area (Å²) in [7, 11) is 0. The molecule has 3 heteroatoms. The minimum absolute atomic E-state index is 0.0865. The number of fused-ring (bicyclic) bond motifs is 4. The van der Waals surface area contributed by atoms with Crippen LogP contribution < -0.4 is 0 Å². The number of ether oxygens (including phenoxy) is 2. The molecule has 1 aliphatic heterocycles. The molecule has 0 aromatic rings. The second-order valence-electron chi connectivity index (χ2n) is 8.42. The van der Waals surface area contributed by atoms with E-state index in [1.54, 1.807) is 0 Å². The highest BCUT2D eigenvalue weighted by atomic mass is 16.7. The van der Waals surface area contributed by atoms with Crippen molar-refractivity contribution in [2.75, 3.05) is 13.2 Å². The molecular formula is C18H30O3. The molecule has 4 aliphatic rings. The number of hydrogen-bond donors (Lipinski definition) is 1. The van der Waals surface area contributed by atoms with Gasteiger partial charge < -0.3 is 14.6 Å². The fourth-order valence-corrected chi connectivity index (χ4v) is 6.69. The molecule has 3 saturated carbocycles. The Morgan fingerprint density at radius 2 is 1.62 bits per heavy atom. The van der Waals surface area contributed by atoms with Gasteiger partial charge in [-0.3, -0.25) is 0 Å². The summed E-state index contributed by atoms with van der Waals surface area (Å²) in [6, 6.07) is 0. The Morgan fingerprint density at radius 3 is 2.38 bits per heavy atom. The van der Waals surface area contributed by atoms with Crippen molar-refractivity contribution in [2.24, 2.45) is 22.7 Å². The Bertz CT molecular complexity index is 417. The van der Waals surface area contributed by atoms with E-state index in [2.05, 4.69) is 13.8 Å². The first-order chi connectivity index (χ1) is 10.0. The molecule has 21 heavy (non-hydrogen) atoms. The molecule has 1 spiro atoms. The zero-order valence-electron chi connectivity index (χ0n) is 13.6. The van der Waals surface area contributed by atoms with Gasteiger partial charge in [0.25, 0.3) is 0 Å². The van der Waals surface area contributed by atoms with Crippen molar-refractivity contribution in [3.8, 4) is 0 Å². The summed E-state index contributed by atoms with van der Waals surface area (Å²) in [6.07, 6.45) is 9.19. The first-order valence-electron chi connectivity index (χ1n) is 8.98. The predicted octanol–water partition coefficient (Wildman–Crippen LogP) is 3.50. The Kier molecular flexibility index (Phi) is 3.23. The van der Waals surface area contributed by atoms with Crippen LogP contribution in [0.2, 0.25) is 0 Å². The van der Waals surface area contributed by atoms with Crippen LogP contribution >= 0.6 is 0 Å². The van der Waals surface area contributed by atoms with Gasteiger partial charge in [-0.25, -0.2) is 0 Å². The molecule has 4 rings (SSSR count). The monoisotopic (exact) mass is 294 g/mol. The highest BCUT2D eigenvalue weighted by Gasteiger charge is 2.66. The quantitative estimate of drug-likeness (QED) is 0.743. The zero-order chi connectivity index (χ0) is 14.7. The molecule has 3 nitrogen and oxygen atoms in total. The fourth-order valence-electron chi connectivity index (χ4n) is 6.69. The van der Waals surface area contributed by atoms with Gasteiger partial charge in [0.15, 0.2) is 5.79 Å². The van der Waals surface area contributed by atoms with Crippen molar-refractivity contribution >= 4 is 0 Å². The van der Waals surface area contributed by atoms with Crippen LogP contribution in [0.4, 0.5) is 0 Å². The van der Waals surface area contributed by atoms with Gasteiger partial charge in [-0.05, 0) is 55.8 Å². The van der Waals surface area contributed by atoms with Gasteiger partial charge in [0.2, 0.25) is 0 Å². The van der Waals surface area contributed by atoms with Crippen LogP contribution in [0.15, 0.2) is 0 Å². The largest absolute Gasteiger partial charge is 0.393 e. The van der Waals surface area contributed by atoms with Crippen LogP contribution in [-0.4, -0.2) is 30.2 Å². The molecule has 0 aromatic heterocycles. The molecule has 0 unspecified atom stereocenters. The lowest BCUT2D eigenvalue weighted by atomic mass is 9.43. The first kappa shape index (κ1) is 14.5. The third-order valence-electron chi connectivity index (χ3n) is 7.69. The third kappa shape index (κ3) is 1.77. The van der Waals surface area contributed by atoms with Crippen LogP contribution in [0.3, 0.4) is 0 Å². The van der Waals surface area contributed by atoms with Gasteiger partial charge in [-0.1, -0.05) is 20.3 Å². The van der Waals surface area contributed by atoms with E-state index < -0.39 is 0 Å². The fraction of sp³-hybridized carbons (Fsp3) is 1.00. The van der Waals surface area contributed by atoms with Crippen LogP contribution in [0.5, 0.6) is 0 Å². The summed E-state index contributed by atoms with van der Waals surface area (Å²) < 4.78 is 12.4. The van der Waals surface area contributed by atoms with Crippen molar-refractivity contribution in [1.29, 1.82) is 0 Å². The lowest BCUT2D eigenvalue weighted by molar-refractivity contribution is -0.304. The van der Waals surface area contributed by atoms with Crippen molar-refractivity contribution < 1.29 is 14.6 Å². The van der Waals surface area contributed by atoms with Crippen LogP contribution in [-0.2, 0) is 9.47 Å². The van der Waals surface area contributed by atoms with Gasteiger partial charge in [0, 0.05) is 11.8 Å². The Hall–Kier alpha value is -0.120.